The fourth-order valence-electron chi connectivity index (χ4n) is 6.67. The van der Waals surface area contributed by atoms with Crippen LogP contribution < -0.4 is 4.74 Å². The smallest absolute Gasteiger partial charge is 0.145 e. The highest BCUT2D eigenvalue weighted by atomic mass is 79.9. The van der Waals surface area contributed by atoms with Crippen LogP contribution in [0.3, 0.4) is 0 Å². The Bertz CT molecular complexity index is 2370. The lowest BCUT2D eigenvalue weighted by atomic mass is 10.0. The number of benzene rings is 5. The topological polar surface area (TPSA) is 63.3 Å². The van der Waals surface area contributed by atoms with Crippen LogP contribution in [-0.2, 0) is 22.6 Å². The fraction of sp³-hybridized carbons (Fsp3) is 0.289. The highest BCUT2D eigenvalue weighted by molar-refractivity contribution is 9.11. The van der Waals surface area contributed by atoms with Crippen LogP contribution in [-0.4, -0.2) is 53.6 Å². The molecule has 55 heavy (non-hydrogen) atoms. The lowest BCUT2D eigenvalue weighted by molar-refractivity contribution is 0.188. The predicted octanol–water partition coefficient (Wildman–Crippen LogP) is 12.9. The zero-order valence-electron chi connectivity index (χ0n) is 32.4. The van der Waals surface area contributed by atoms with Gasteiger partial charge in [0.1, 0.15) is 33.9 Å². The number of nitrogens with zero attached hydrogens (tertiary/aromatic N) is 4. The van der Waals surface area contributed by atoms with Gasteiger partial charge in [-0.1, -0.05) is 107 Å². The fourth-order valence-corrected chi connectivity index (χ4v) is 8.23. The van der Waals surface area contributed by atoms with Crippen LogP contribution in [0.5, 0.6) is 5.75 Å². The van der Waals surface area contributed by atoms with E-state index in [0.717, 1.165) is 81.7 Å². The van der Waals surface area contributed by atoms with Gasteiger partial charge in [-0.15, -0.1) is 0 Å². The first kappa shape index (κ1) is 40.9. The minimum absolute atomic E-state index is 0.490. The molecule has 0 saturated heterocycles. The third-order valence-electron chi connectivity index (χ3n) is 9.73. The molecule has 0 spiro atoms. The first-order valence-corrected chi connectivity index (χ1v) is 20.8. The van der Waals surface area contributed by atoms with Gasteiger partial charge in [0.15, 0.2) is 0 Å². The molecule has 0 saturated carbocycles. The molecule has 286 valence electrons. The Labute approximate surface area is 349 Å². The number of halogens is 3. The van der Waals surface area contributed by atoms with Gasteiger partial charge in [-0.05, 0) is 94.5 Å². The number of hydrogen-bond acceptors (Lipinski definition) is 5. The van der Waals surface area contributed by atoms with E-state index in [0.29, 0.717) is 31.6 Å². The Morgan fingerprint density at radius 3 is 1.55 bits per heavy atom. The summed E-state index contributed by atoms with van der Waals surface area (Å²) in [7, 11) is 5.15. The molecule has 0 bridgehead atoms. The van der Waals surface area contributed by atoms with Crippen molar-refractivity contribution in [2.45, 2.75) is 52.6 Å². The molecule has 0 aliphatic heterocycles. The Morgan fingerprint density at radius 2 is 1.05 bits per heavy atom. The molecule has 0 atom stereocenters. The van der Waals surface area contributed by atoms with Crippen molar-refractivity contribution in [3.63, 3.8) is 0 Å². The first-order chi connectivity index (χ1) is 26.6. The third-order valence-corrected chi connectivity index (χ3v) is 11.8. The van der Waals surface area contributed by atoms with E-state index in [4.69, 9.17) is 24.2 Å². The van der Waals surface area contributed by atoms with Crippen molar-refractivity contribution < 1.29 is 14.2 Å². The van der Waals surface area contributed by atoms with Crippen LogP contribution in [0.1, 0.15) is 50.7 Å². The number of hydrogen-bond donors (Lipinski definition) is 0. The summed E-state index contributed by atoms with van der Waals surface area (Å²) in [6.45, 7) is 11.5. The molecule has 0 fully saturated rings. The SMILES string of the molecule is COCCn1c(-c2ccc(C(C)C)cc2)nc2c(Br)c(-c3ccccc3)cc(OC)c21.COCCn1c(-c2ccc(C(C)C)cc2)nc2c(Br)ccc(Br)c21. The maximum atomic E-state index is 5.84. The quantitative estimate of drug-likeness (QED) is 0.122. The Hall–Kier alpha value is -3.80. The second kappa shape index (κ2) is 18.4. The summed E-state index contributed by atoms with van der Waals surface area (Å²) in [5, 5.41) is 0. The molecule has 0 radical (unpaired) electrons. The molecule has 7 aromatic rings. The van der Waals surface area contributed by atoms with Crippen molar-refractivity contribution in [3.8, 4) is 39.7 Å². The molecule has 2 aromatic heterocycles. The summed E-state index contributed by atoms with van der Waals surface area (Å²) in [5.41, 5.74) is 10.9. The minimum Gasteiger partial charge on any atom is -0.494 e. The molecule has 10 heteroatoms. The standard InChI is InChI=1S/C26H27BrN2O2.C19H20Br2N2O/c1-17(2)18-10-12-20(13-11-18)26-28-24-23(27)21(19-8-6-5-7-9-19)16-22(31-4)25(24)29(26)14-15-30-3;1-12(2)13-4-6-14(7-5-13)19-22-17-15(20)8-9-16(21)18(17)23(19)10-11-24-3/h5-13,16-17H,14-15H2,1-4H3;4-9,12H,10-11H2,1-3H3. The summed E-state index contributed by atoms with van der Waals surface area (Å²) in [6, 6.07) is 33.8. The van der Waals surface area contributed by atoms with Crippen molar-refractivity contribution >= 4 is 69.9 Å². The molecular weight excluding hydrogens is 884 g/mol. The zero-order valence-corrected chi connectivity index (χ0v) is 37.1. The maximum absolute atomic E-state index is 5.84. The number of rotatable bonds is 12. The lowest BCUT2D eigenvalue weighted by Gasteiger charge is -2.14. The highest BCUT2D eigenvalue weighted by Gasteiger charge is 2.22. The maximum Gasteiger partial charge on any atom is 0.145 e. The van der Waals surface area contributed by atoms with Crippen molar-refractivity contribution in [2.75, 3.05) is 34.5 Å². The number of fused-ring (bicyclic) bond motifs is 2. The van der Waals surface area contributed by atoms with Crippen LogP contribution in [0.15, 0.2) is 110 Å². The van der Waals surface area contributed by atoms with Crippen molar-refractivity contribution in [3.05, 3.63) is 122 Å². The molecule has 0 aliphatic rings. The zero-order chi connectivity index (χ0) is 39.2. The van der Waals surface area contributed by atoms with Gasteiger partial charge in [-0.25, -0.2) is 9.97 Å². The number of aromatic nitrogens is 4. The Kier molecular flexibility index (Phi) is 13.7. The monoisotopic (exact) mass is 928 g/mol. The van der Waals surface area contributed by atoms with Gasteiger partial charge in [-0.2, -0.15) is 0 Å². The van der Waals surface area contributed by atoms with Gasteiger partial charge in [-0.3, -0.25) is 0 Å². The number of methoxy groups -OCH3 is 3. The van der Waals surface area contributed by atoms with E-state index in [2.05, 4.69) is 151 Å². The largest absolute Gasteiger partial charge is 0.494 e. The van der Waals surface area contributed by atoms with Crippen LogP contribution in [0.4, 0.5) is 0 Å². The van der Waals surface area contributed by atoms with E-state index in [1.165, 1.54) is 11.1 Å². The number of imidazole rings is 2. The van der Waals surface area contributed by atoms with Gasteiger partial charge in [0.05, 0.1) is 30.3 Å². The highest BCUT2D eigenvalue weighted by Crippen LogP contribution is 2.42. The molecule has 0 unspecified atom stereocenters. The van der Waals surface area contributed by atoms with Gasteiger partial charge in [0, 0.05) is 52.9 Å². The molecule has 2 heterocycles. The molecule has 0 aliphatic carbocycles. The van der Waals surface area contributed by atoms with Crippen molar-refractivity contribution in [1.29, 1.82) is 0 Å². The Balaban J connectivity index is 0.000000193. The predicted molar refractivity (Wildman–Crippen MR) is 237 cm³/mol. The summed E-state index contributed by atoms with van der Waals surface area (Å²) in [6.07, 6.45) is 0. The van der Waals surface area contributed by atoms with Crippen LogP contribution in [0.25, 0.3) is 56.0 Å². The lowest BCUT2D eigenvalue weighted by Crippen LogP contribution is -2.07. The minimum atomic E-state index is 0.490. The van der Waals surface area contributed by atoms with E-state index < -0.39 is 0 Å². The van der Waals surface area contributed by atoms with Crippen LogP contribution >= 0.6 is 47.8 Å². The molecule has 7 nitrogen and oxygen atoms in total. The van der Waals surface area contributed by atoms with Gasteiger partial charge >= 0.3 is 0 Å². The Morgan fingerprint density at radius 1 is 0.564 bits per heavy atom. The average Bonchev–Trinajstić information content (AvgIpc) is 3.79. The molecule has 5 aromatic carbocycles. The second-order valence-electron chi connectivity index (χ2n) is 13.9. The molecular formula is C45H47Br3N4O3. The number of ether oxygens (including phenoxy) is 3. The summed E-state index contributed by atoms with van der Waals surface area (Å²) >= 11 is 11.1. The van der Waals surface area contributed by atoms with Gasteiger partial charge < -0.3 is 23.3 Å². The normalized spacial score (nSPS) is 11.5. The summed E-state index contributed by atoms with van der Waals surface area (Å²) in [5.74, 6) is 3.68. The van der Waals surface area contributed by atoms with E-state index in [1.807, 2.05) is 30.3 Å². The van der Waals surface area contributed by atoms with Crippen molar-refractivity contribution in [1.82, 2.24) is 19.1 Å². The van der Waals surface area contributed by atoms with E-state index in [1.54, 1.807) is 21.3 Å². The van der Waals surface area contributed by atoms with Gasteiger partial charge in [0.2, 0.25) is 0 Å². The molecule has 0 N–H and O–H groups in total. The molecule has 0 amide bonds. The first-order valence-electron chi connectivity index (χ1n) is 18.4. The van der Waals surface area contributed by atoms with Crippen LogP contribution in [0.2, 0.25) is 0 Å². The average molecular weight is 932 g/mol. The van der Waals surface area contributed by atoms with Crippen molar-refractivity contribution in [2.24, 2.45) is 0 Å². The molecule has 7 rings (SSSR count). The van der Waals surface area contributed by atoms with Crippen LogP contribution in [0, 0.1) is 0 Å². The second-order valence-corrected chi connectivity index (χ2v) is 16.4. The van der Waals surface area contributed by atoms with E-state index in [9.17, 15) is 0 Å². The summed E-state index contributed by atoms with van der Waals surface area (Å²) in [4.78, 5) is 9.99. The van der Waals surface area contributed by atoms with E-state index >= 15 is 0 Å². The summed E-state index contributed by atoms with van der Waals surface area (Å²) < 4.78 is 24.0. The van der Waals surface area contributed by atoms with E-state index in [-0.39, 0.29) is 0 Å². The third kappa shape index (κ3) is 8.79. The van der Waals surface area contributed by atoms with Gasteiger partial charge in [0.25, 0.3) is 0 Å².